The van der Waals surface area contributed by atoms with Crippen LogP contribution in [0.1, 0.15) is 32.4 Å². The summed E-state index contributed by atoms with van der Waals surface area (Å²) in [6, 6.07) is 5.93. The zero-order chi connectivity index (χ0) is 14.9. The highest BCUT2D eigenvalue weighted by Gasteiger charge is 2.42. The van der Waals surface area contributed by atoms with Gasteiger partial charge in [0.1, 0.15) is 5.82 Å². The number of nitrogens with one attached hydrogen (secondary N) is 1. The van der Waals surface area contributed by atoms with E-state index in [0.29, 0.717) is 13.1 Å². The third kappa shape index (κ3) is 2.93. The zero-order valence-corrected chi connectivity index (χ0v) is 12.1. The van der Waals surface area contributed by atoms with E-state index in [2.05, 4.69) is 5.32 Å². The number of rotatable bonds is 1. The summed E-state index contributed by atoms with van der Waals surface area (Å²) in [5.41, 5.74) is 0.541. The first kappa shape index (κ1) is 14.8. The molecule has 0 saturated carbocycles. The molecule has 5 heteroatoms. The van der Waals surface area contributed by atoms with Gasteiger partial charge in [0.15, 0.2) is 0 Å². The molecule has 2 N–H and O–H groups in total. The molecule has 1 heterocycles. The number of hydrogen-bond donors (Lipinski definition) is 2. The van der Waals surface area contributed by atoms with Crippen LogP contribution in [0, 0.1) is 11.2 Å². The molecule has 20 heavy (non-hydrogen) atoms. The molecule has 110 valence electrons. The van der Waals surface area contributed by atoms with Gasteiger partial charge in [0, 0.05) is 13.1 Å². The molecule has 0 radical (unpaired) electrons. The summed E-state index contributed by atoms with van der Waals surface area (Å²) in [5.74, 6) is -0.301. The fourth-order valence-corrected chi connectivity index (χ4v) is 2.95. The van der Waals surface area contributed by atoms with E-state index >= 15 is 0 Å². The van der Waals surface area contributed by atoms with Gasteiger partial charge in [-0.15, -0.1) is 0 Å². The number of benzene rings is 1. The van der Waals surface area contributed by atoms with Gasteiger partial charge in [-0.1, -0.05) is 32.9 Å². The number of nitrogens with zero attached hydrogens (tertiary/aromatic N) is 1. The van der Waals surface area contributed by atoms with E-state index < -0.39 is 6.09 Å². The molecule has 2 rings (SSSR count). The Morgan fingerprint density at radius 2 is 2.15 bits per heavy atom. The Hall–Kier alpha value is -1.62. The maximum absolute atomic E-state index is 13.4. The molecule has 1 aromatic carbocycles. The van der Waals surface area contributed by atoms with Crippen LogP contribution in [0.2, 0.25) is 0 Å². The monoisotopic (exact) mass is 280 g/mol. The maximum atomic E-state index is 13.4. The Morgan fingerprint density at radius 3 is 2.70 bits per heavy atom. The number of carbonyl (C=O) groups is 1. The molecule has 1 aliphatic rings. The van der Waals surface area contributed by atoms with Gasteiger partial charge >= 0.3 is 6.09 Å². The average molecular weight is 280 g/mol. The van der Waals surface area contributed by atoms with E-state index in [0.717, 1.165) is 5.56 Å². The number of carboxylic acid groups (broad SMARTS) is 1. The van der Waals surface area contributed by atoms with Gasteiger partial charge in [0.05, 0.1) is 12.1 Å². The summed E-state index contributed by atoms with van der Waals surface area (Å²) in [5, 5.41) is 12.7. The summed E-state index contributed by atoms with van der Waals surface area (Å²) < 4.78 is 13.4. The van der Waals surface area contributed by atoms with E-state index in [1.54, 1.807) is 6.07 Å². The predicted molar refractivity (Wildman–Crippen MR) is 75.1 cm³/mol. The minimum Gasteiger partial charge on any atom is -0.465 e. The van der Waals surface area contributed by atoms with Crippen LogP contribution in [0.4, 0.5) is 9.18 Å². The fourth-order valence-electron chi connectivity index (χ4n) is 2.95. The molecule has 1 aliphatic heterocycles. The van der Waals surface area contributed by atoms with Gasteiger partial charge in [-0.3, -0.25) is 0 Å². The average Bonchev–Trinajstić information content (AvgIpc) is 2.36. The van der Waals surface area contributed by atoms with Crippen molar-refractivity contribution in [3.8, 4) is 0 Å². The second-order valence-corrected chi connectivity index (χ2v) is 6.27. The molecule has 0 spiro atoms. The van der Waals surface area contributed by atoms with Crippen LogP contribution >= 0.6 is 0 Å². The lowest BCUT2D eigenvalue weighted by molar-refractivity contribution is 0.0409. The second kappa shape index (κ2) is 5.40. The van der Waals surface area contributed by atoms with Crippen molar-refractivity contribution in [2.45, 2.75) is 32.9 Å². The van der Waals surface area contributed by atoms with Crippen LogP contribution in [-0.2, 0) is 0 Å². The Bertz CT molecular complexity index is 499. The number of piperazine rings is 1. The van der Waals surface area contributed by atoms with E-state index in [4.69, 9.17) is 0 Å². The van der Waals surface area contributed by atoms with Crippen molar-refractivity contribution in [3.05, 3.63) is 35.6 Å². The van der Waals surface area contributed by atoms with Crippen LogP contribution in [0.3, 0.4) is 0 Å². The Labute approximate surface area is 118 Å². The van der Waals surface area contributed by atoms with E-state index in [1.807, 2.05) is 26.8 Å². The van der Waals surface area contributed by atoms with Crippen molar-refractivity contribution in [1.82, 2.24) is 10.2 Å². The highest BCUT2D eigenvalue weighted by atomic mass is 19.1. The quantitative estimate of drug-likeness (QED) is 0.831. The third-order valence-electron chi connectivity index (χ3n) is 3.71. The molecular weight excluding hydrogens is 259 g/mol. The van der Waals surface area contributed by atoms with E-state index in [-0.39, 0.29) is 23.3 Å². The van der Waals surface area contributed by atoms with Crippen molar-refractivity contribution < 1.29 is 14.3 Å². The largest absolute Gasteiger partial charge is 0.465 e. The van der Waals surface area contributed by atoms with Crippen LogP contribution < -0.4 is 5.32 Å². The first-order valence-electron chi connectivity index (χ1n) is 6.79. The van der Waals surface area contributed by atoms with Crippen molar-refractivity contribution in [2.75, 3.05) is 13.1 Å². The molecular formula is C15H21FN2O2. The first-order valence-corrected chi connectivity index (χ1v) is 6.79. The molecule has 1 amide bonds. The Kier molecular flexibility index (Phi) is 3.99. The van der Waals surface area contributed by atoms with Gasteiger partial charge in [-0.05, 0) is 23.1 Å². The fraction of sp³-hybridized carbons (Fsp3) is 0.533. The molecule has 1 aromatic rings. The number of hydrogen-bond acceptors (Lipinski definition) is 2. The minimum absolute atomic E-state index is 0.199. The van der Waals surface area contributed by atoms with Crippen LogP contribution in [0.25, 0.3) is 0 Å². The lowest BCUT2D eigenvalue weighted by Crippen LogP contribution is -2.59. The smallest absolute Gasteiger partial charge is 0.407 e. The predicted octanol–water partition coefficient (Wildman–Crippen LogP) is 2.86. The van der Waals surface area contributed by atoms with Gasteiger partial charge in [0.2, 0.25) is 0 Å². The standard InChI is InChI=1S/C15H21FN2O2/c1-15(2,3)13-12(10-5-4-6-11(16)9-10)17-7-8-18(13)14(19)20/h4-6,9,12-13,17H,7-8H2,1-3H3,(H,19,20). The summed E-state index contributed by atoms with van der Waals surface area (Å²) in [7, 11) is 0. The van der Waals surface area contributed by atoms with Gasteiger partial charge in [-0.25, -0.2) is 9.18 Å². The molecule has 4 nitrogen and oxygen atoms in total. The second-order valence-electron chi connectivity index (χ2n) is 6.27. The molecule has 0 aliphatic carbocycles. The summed E-state index contributed by atoms with van der Waals surface area (Å²) >= 11 is 0. The van der Waals surface area contributed by atoms with Crippen molar-refractivity contribution in [3.63, 3.8) is 0 Å². The summed E-state index contributed by atoms with van der Waals surface area (Å²) in [4.78, 5) is 12.9. The van der Waals surface area contributed by atoms with E-state index in [1.165, 1.54) is 17.0 Å². The summed E-state index contributed by atoms with van der Waals surface area (Å²) in [6.45, 7) is 7.04. The maximum Gasteiger partial charge on any atom is 0.407 e. The molecule has 1 saturated heterocycles. The van der Waals surface area contributed by atoms with Crippen molar-refractivity contribution in [2.24, 2.45) is 5.41 Å². The van der Waals surface area contributed by atoms with E-state index in [9.17, 15) is 14.3 Å². The lowest BCUT2D eigenvalue weighted by Gasteiger charge is -2.47. The minimum atomic E-state index is -0.923. The van der Waals surface area contributed by atoms with Gasteiger partial charge in [0.25, 0.3) is 0 Å². The first-order chi connectivity index (χ1) is 9.30. The normalized spacial score (nSPS) is 23.7. The van der Waals surface area contributed by atoms with Crippen LogP contribution in [0.5, 0.6) is 0 Å². The molecule has 0 aromatic heterocycles. The zero-order valence-electron chi connectivity index (χ0n) is 12.1. The van der Waals surface area contributed by atoms with Crippen molar-refractivity contribution >= 4 is 6.09 Å². The highest BCUT2D eigenvalue weighted by Crippen LogP contribution is 2.36. The Balaban J connectivity index is 2.41. The molecule has 2 atom stereocenters. The lowest BCUT2D eigenvalue weighted by atomic mass is 9.78. The third-order valence-corrected chi connectivity index (χ3v) is 3.71. The SMILES string of the molecule is CC(C)(C)C1C(c2cccc(F)c2)NCCN1C(=O)O. The van der Waals surface area contributed by atoms with Crippen molar-refractivity contribution in [1.29, 1.82) is 0 Å². The van der Waals surface area contributed by atoms with Gasteiger partial charge in [-0.2, -0.15) is 0 Å². The van der Waals surface area contributed by atoms with Crippen LogP contribution in [-0.4, -0.2) is 35.2 Å². The van der Waals surface area contributed by atoms with Crippen LogP contribution in [0.15, 0.2) is 24.3 Å². The molecule has 2 unspecified atom stereocenters. The number of halogens is 1. The molecule has 1 fully saturated rings. The topological polar surface area (TPSA) is 52.6 Å². The highest BCUT2D eigenvalue weighted by molar-refractivity contribution is 5.66. The number of amides is 1. The Morgan fingerprint density at radius 1 is 1.45 bits per heavy atom. The van der Waals surface area contributed by atoms with Gasteiger partial charge < -0.3 is 15.3 Å². The molecule has 0 bridgehead atoms. The summed E-state index contributed by atoms with van der Waals surface area (Å²) in [6.07, 6.45) is -0.923.